The Hall–Kier alpha value is -3.10. The van der Waals surface area contributed by atoms with E-state index in [0.29, 0.717) is 23.2 Å². The molecule has 0 spiro atoms. The van der Waals surface area contributed by atoms with E-state index in [-0.39, 0.29) is 12.7 Å². The fraction of sp³-hybridized carbons (Fsp3) is 0.304. The molecule has 4 rings (SSSR count). The summed E-state index contributed by atoms with van der Waals surface area (Å²) >= 11 is 1.50. The Morgan fingerprint density at radius 3 is 2.77 bits per heavy atom. The van der Waals surface area contributed by atoms with Crippen molar-refractivity contribution in [3.05, 3.63) is 47.5 Å². The highest BCUT2D eigenvalue weighted by Gasteiger charge is 2.20. The molecule has 1 aromatic heterocycles. The van der Waals surface area contributed by atoms with Gasteiger partial charge in [-0.3, -0.25) is 9.69 Å². The van der Waals surface area contributed by atoms with Gasteiger partial charge in [-0.1, -0.05) is 23.5 Å². The van der Waals surface area contributed by atoms with Crippen LogP contribution in [0.4, 0.5) is 5.13 Å². The maximum absolute atomic E-state index is 13.2. The lowest BCUT2D eigenvalue weighted by Gasteiger charge is -2.20. The number of carbonyl (C=O) groups is 1. The first-order chi connectivity index (χ1) is 15.0. The number of thiazole rings is 1. The van der Waals surface area contributed by atoms with Gasteiger partial charge < -0.3 is 19.1 Å². The minimum Gasteiger partial charge on any atom is -0.494 e. The molecular formula is C23H25N3O4S. The van der Waals surface area contributed by atoms with E-state index in [4.69, 9.17) is 19.2 Å². The molecule has 0 N–H and O–H groups in total. The highest BCUT2D eigenvalue weighted by atomic mass is 32.1. The Balaban J connectivity index is 1.64. The number of nitrogens with zero attached hydrogens (tertiary/aromatic N) is 3. The molecule has 1 aliphatic rings. The zero-order chi connectivity index (χ0) is 22.0. The summed E-state index contributed by atoms with van der Waals surface area (Å²) < 4.78 is 17.3. The Kier molecular flexibility index (Phi) is 6.11. The number of likely N-dealkylation sites (N-methyl/N-ethyl adjacent to an activating group) is 1. The lowest BCUT2D eigenvalue weighted by atomic mass is 10.2. The smallest absolute Gasteiger partial charge is 0.252 e. The van der Waals surface area contributed by atoms with Crippen LogP contribution in [0.25, 0.3) is 16.3 Å². The first kappa shape index (κ1) is 21.1. The molecular weight excluding hydrogens is 414 g/mol. The molecule has 0 bridgehead atoms. The Bertz CT molecular complexity index is 1140. The van der Waals surface area contributed by atoms with Crippen LogP contribution < -0.4 is 19.1 Å². The van der Waals surface area contributed by atoms with Crippen molar-refractivity contribution >= 4 is 38.7 Å². The molecule has 0 saturated heterocycles. The van der Waals surface area contributed by atoms with Gasteiger partial charge in [0.05, 0.1) is 11.8 Å². The maximum Gasteiger partial charge on any atom is 0.252 e. The van der Waals surface area contributed by atoms with E-state index >= 15 is 0 Å². The maximum atomic E-state index is 13.2. The van der Waals surface area contributed by atoms with Crippen molar-refractivity contribution in [2.24, 2.45) is 0 Å². The summed E-state index contributed by atoms with van der Waals surface area (Å²) in [5, 5.41) is 0.657. The van der Waals surface area contributed by atoms with Crippen molar-refractivity contribution in [3.63, 3.8) is 0 Å². The first-order valence-electron chi connectivity index (χ1n) is 9.94. The molecule has 0 saturated carbocycles. The predicted molar refractivity (Wildman–Crippen MR) is 123 cm³/mol. The number of rotatable bonds is 7. The average molecular weight is 440 g/mol. The number of fused-ring (bicyclic) bond motifs is 2. The molecule has 3 aromatic rings. The summed E-state index contributed by atoms with van der Waals surface area (Å²) in [6.45, 7) is 3.50. The molecule has 0 fully saturated rings. The Morgan fingerprint density at radius 1 is 1.19 bits per heavy atom. The molecule has 0 radical (unpaired) electrons. The third-order valence-corrected chi connectivity index (χ3v) is 6.21. The van der Waals surface area contributed by atoms with Gasteiger partial charge in [-0.15, -0.1) is 0 Å². The first-order valence-corrected chi connectivity index (χ1v) is 10.8. The molecule has 162 valence electrons. The van der Waals surface area contributed by atoms with E-state index < -0.39 is 0 Å². The number of methoxy groups -OCH3 is 1. The molecule has 2 heterocycles. The molecule has 8 heteroatoms. The number of ether oxygens (including phenoxy) is 3. The van der Waals surface area contributed by atoms with E-state index in [0.717, 1.165) is 33.6 Å². The Labute approximate surface area is 185 Å². The lowest BCUT2D eigenvalue weighted by molar-refractivity contribution is -0.114. The van der Waals surface area contributed by atoms with Gasteiger partial charge in [-0.2, -0.15) is 0 Å². The van der Waals surface area contributed by atoms with Gasteiger partial charge in [0.2, 0.25) is 6.79 Å². The fourth-order valence-electron chi connectivity index (χ4n) is 3.25. The van der Waals surface area contributed by atoms with Crippen LogP contribution in [-0.4, -0.2) is 56.9 Å². The van der Waals surface area contributed by atoms with E-state index in [9.17, 15) is 4.79 Å². The van der Waals surface area contributed by atoms with Gasteiger partial charge in [-0.25, -0.2) is 4.98 Å². The number of benzene rings is 2. The summed E-state index contributed by atoms with van der Waals surface area (Å²) in [6, 6.07) is 9.52. The minimum atomic E-state index is -0.129. The van der Waals surface area contributed by atoms with Crippen molar-refractivity contribution in [1.29, 1.82) is 0 Å². The van der Waals surface area contributed by atoms with E-state index in [2.05, 4.69) is 0 Å². The van der Waals surface area contributed by atoms with Crippen LogP contribution >= 0.6 is 11.3 Å². The van der Waals surface area contributed by atoms with Crippen molar-refractivity contribution < 1.29 is 19.0 Å². The van der Waals surface area contributed by atoms with Crippen molar-refractivity contribution in [2.45, 2.75) is 6.92 Å². The van der Waals surface area contributed by atoms with E-state index in [1.807, 2.05) is 56.3 Å². The monoisotopic (exact) mass is 439 g/mol. The second kappa shape index (κ2) is 8.95. The zero-order valence-corrected chi connectivity index (χ0v) is 18.9. The Morgan fingerprint density at radius 2 is 2.00 bits per heavy atom. The van der Waals surface area contributed by atoms with Crippen LogP contribution in [0.2, 0.25) is 0 Å². The van der Waals surface area contributed by atoms with Crippen LogP contribution in [0.3, 0.4) is 0 Å². The third kappa shape index (κ3) is 4.50. The van der Waals surface area contributed by atoms with Crippen LogP contribution in [0, 0.1) is 6.92 Å². The van der Waals surface area contributed by atoms with Crippen LogP contribution in [0.5, 0.6) is 17.2 Å². The largest absolute Gasteiger partial charge is 0.494 e. The van der Waals surface area contributed by atoms with Gasteiger partial charge in [0, 0.05) is 19.2 Å². The van der Waals surface area contributed by atoms with Gasteiger partial charge in [-0.05, 0) is 56.4 Å². The standard InChI is InChI=1S/C23H25N3O4S/c1-15-5-8-18(28-4)21-22(15)31-23(24-21)26(12-11-25(2)3)20(27)10-7-16-6-9-17-19(13-16)30-14-29-17/h5-10,13H,11-12,14H2,1-4H3. The van der Waals surface area contributed by atoms with Gasteiger partial charge in [0.15, 0.2) is 16.6 Å². The quantitative estimate of drug-likeness (QED) is 0.520. The number of hydrogen-bond acceptors (Lipinski definition) is 7. The second-order valence-corrected chi connectivity index (χ2v) is 8.48. The normalized spacial score (nSPS) is 12.8. The van der Waals surface area contributed by atoms with Gasteiger partial charge >= 0.3 is 0 Å². The number of amides is 1. The van der Waals surface area contributed by atoms with Crippen LogP contribution in [0.1, 0.15) is 11.1 Å². The molecule has 0 atom stereocenters. The van der Waals surface area contributed by atoms with Crippen molar-refractivity contribution in [3.8, 4) is 17.2 Å². The van der Waals surface area contributed by atoms with E-state index in [1.54, 1.807) is 24.2 Å². The summed E-state index contributed by atoms with van der Waals surface area (Å²) in [5.41, 5.74) is 2.76. The molecule has 0 unspecified atom stereocenters. The number of anilines is 1. The number of aryl methyl sites for hydroxylation is 1. The highest BCUT2D eigenvalue weighted by molar-refractivity contribution is 7.22. The minimum absolute atomic E-state index is 0.129. The van der Waals surface area contributed by atoms with Crippen LogP contribution in [0.15, 0.2) is 36.4 Å². The fourth-order valence-corrected chi connectivity index (χ4v) is 4.34. The topological polar surface area (TPSA) is 64.1 Å². The van der Waals surface area contributed by atoms with Gasteiger partial charge in [0.1, 0.15) is 11.3 Å². The van der Waals surface area contributed by atoms with E-state index in [1.165, 1.54) is 11.3 Å². The summed E-state index contributed by atoms with van der Waals surface area (Å²) in [5.74, 6) is 1.98. The molecule has 1 aliphatic heterocycles. The molecule has 1 amide bonds. The second-order valence-electron chi connectivity index (χ2n) is 7.50. The zero-order valence-electron chi connectivity index (χ0n) is 18.0. The number of carbonyl (C=O) groups excluding carboxylic acids is 1. The molecule has 7 nitrogen and oxygen atoms in total. The van der Waals surface area contributed by atoms with Crippen molar-refractivity contribution in [2.75, 3.05) is 46.0 Å². The number of hydrogen-bond donors (Lipinski definition) is 0. The predicted octanol–water partition coefficient (Wildman–Crippen LogP) is 3.95. The van der Waals surface area contributed by atoms with Crippen molar-refractivity contribution in [1.82, 2.24) is 9.88 Å². The SMILES string of the molecule is COc1ccc(C)c2sc(N(CCN(C)C)C(=O)C=Cc3ccc4c(c3)OCO4)nc12. The highest BCUT2D eigenvalue weighted by Crippen LogP contribution is 2.37. The summed E-state index contributed by atoms with van der Waals surface area (Å²) in [6.07, 6.45) is 3.36. The summed E-state index contributed by atoms with van der Waals surface area (Å²) in [7, 11) is 5.60. The molecule has 31 heavy (non-hydrogen) atoms. The van der Waals surface area contributed by atoms with Crippen LogP contribution in [-0.2, 0) is 4.79 Å². The lowest BCUT2D eigenvalue weighted by Crippen LogP contribution is -2.35. The number of aromatic nitrogens is 1. The molecule has 2 aromatic carbocycles. The van der Waals surface area contributed by atoms with Gasteiger partial charge in [0.25, 0.3) is 5.91 Å². The molecule has 0 aliphatic carbocycles. The summed E-state index contributed by atoms with van der Waals surface area (Å²) in [4.78, 5) is 21.7. The third-order valence-electron chi connectivity index (χ3n) is 4.99. The average Bonchev–Trinajstić information content (AvgIpc) is 3.40.